The van der Waals surface area contributed by atoms with E-state index in [2.05, 4.69) is 12.2 Å². The molecule has 0 spiro atoms. The molecule has 1 amide bonds. The quantitative estimate of drug-likeness (QED) is 0.930. The largest absolute Gasteiger partial charge is 0.493 e. The maximum atomic E-state index is 12.5. The van der Waals surface area contributed by atoms with Crippen molar-refractivity contribution in [1.82, 2.24) is 0 Å². The van der Waals surface area contributed by atoms with Gasteiger partial charge in [0.2, 0.25) is 5.91 Å². The summed E-state index contributed by atoms with van der Waals surface area (Å²) in [5.74, 6) is 0.723. The normalized spacial score (nSPS) is 16.7. The predicted molar refractivity (Wildman–Crippen MR) is 83.7 cm³/mol. The Kier molecular flexibility index (Phi) is 3.91. The SMILES string of the molecule is CCc1ccc(NC(=O)C2CCOc3ccccc32)cc1. The number of fused-ring (bicyclic) bond motifs is 1. The number of carbonyl (C=O) groups excluding carboxylic acids is 1. The van der Waals surface area contributed by atoms with Crippen LogP contribution in [-0.2, 0) is 11.2 Å². The van der Waals surface area contributed by atoms with E-state index < -0.39 is 0 Å². The molecule has 3 rings (SSSR count). The van der Waals surface area contributed by atoms with Crippen molar-refractivity contribution < 1.29 is 9.53 Å². The van der Waals surface area contributed by atoms with Gasteiger partial charge in [-0.1, -0.05) is 37.3 Å². The summed E-state index contributed by atoms with van der Waals surface area (Å²) >= 11 is 0. The molecule has 108 valence electrons. The minimum Gasteiger partial charge on any atom is -0.493 e. The first-order chi connectivity index (χ1) is 10.3. The maximum absolute atomic E-state index is 12.5. The molecule has 1 heterocycles. The van der Waals surface area contributed by atoms with Crippen LogP contribution in [0.1, 0.15) is 30.4 Å². The van der Waals surface area contributed by atoms with Crippen molar-refractivity contribution in [3.05, 3.63) is 59.7 Å². The van der Waals surface area contributed by atoms with Crippen LogP contribution in [0.2, 0.25) is 0 Å². The molecule has 2 aromatic rings. The molecule has 1 atom stereocenters. The second kappa shape index (κ2) is 6.00. The summed E-state index contributed by atoms with van der Waals surface area (Å²) in [6.07, 6.45) is 1.72. The zero-order chi connectivity index (χ0) is 14.7. The Bertz CT molecular complexity index is 634. The fourth-order valence-electron chi connectivity index (χ4n) is 2.67. The first-order valence-corrected chi connectivity index (χ1v) is 7.39. The monoisotopic (exact) mass is 281 g/mol. The van der Waals surface area contributed by atoms with Crippen molar-refractivity contribution in [2.24, 2.45) is 0 Å². The Morgan fingerprint density at radius 2 is 1.95 bits per heavy atom. The van der Waals surface area contributed by atoms with Gasteiger partial charge in [0.05, 0.1) is 12.5 Å². The van der Waals surface area contributed by atoms with Gasteiger partial charge in [-0.25, -0.2) is 0 Å². The molecule has 1 aliphatic heterocycles. The number of hydrogen-bond donors (Lipinski definition) is 1. The van der Waals surface area contributed by atoms with Gasteiger partial charge in [0.15, 0.2) is 0 Å². The molecule has 2 aromatic carbocycles. The third-order valence-electron chi connectivity index (χ3n) is 3.90. The van der Waals surface area contributed by atoms with Crippen molar-refractivity contribution in [3.8, 4) is 5.75 Å². The number of carbonyl (C=O) groups is 1. The third-order valence-corrected chi connectivity index (χ3v) is 3.90. The van der Waals surface area contributed by atoms with Crippen molar-refractivity contribution in [1.29, 1.82) is 0 Å². The van der Waals surface area contributed by atoms with E-state index in [1.54, 1.807) is 0 Å². The lowest BCUT2D eigenvalue weighted by molar-refractivity contribution is -0.118. The van der Waals surface area contributed by atoms with E-state index in [0.717, 1.165) is 29.8 Å². The van der Waals surface area contributed by atoms with Crippen LogP contribution in [0.15, 0.2) is 48.5 Å². The van der Waals surface area contributed by atoms with Gasteiger partial charge in [-0.3, -0.25) is 4.79 Å². The summed E-state index contributed by atoms with van der Waals surface area (Å²) in [5.41, 5.74) is 3.09. The number of anilines is 1. The first kappa shape index (κ1) is 13.7. The van der Waals surface area contributed by atoms with Crippen molar-refractivity contribution >= 4 is 11.6 Å². The smallest absolute Gasteiger partial charge is 0.232 e. The summed E-state index contributed by atoms with van der Waals surface area (Å²) < 4.78 is 5.60. The molecule has 0 radical (unpaired) electrons. The number of para-hydroxylation sites is 1. The Morgan fingerprint density at radius 3 is 2.71 bits per heavy atom. The average Bonchev–Trinajstić information content (AvgIpc) is 2.55. The van der Waals surface area contributed by atoms with Crippen LogP contribution in [0.3, 0.4) is 0 Å². The fourth-order valence-corrected chi connectivity index (χ4v) is 2.67. The van der Waals surface area contributed by atoms with Gasteiger partial charge < -0.3 is 10.1 Å². The molecule has 1 unspecified atom stereocenters. The predicted octanol–water partition coefficient (Wildman–Crippen LogP) is 3.75. The van der Waals surface area contributed by atoms with E-state index in [1.807, 2.05) is 48.5 Å². The molecule has 0 aliphatic carbocycles. The molecule has 1 aliphatic rings. The highest BCUT2D eigenvalue weighted by atomic mass is 16.5. The van der Waals surface area contributed by atoms with Crippen molar-refractivity contribution in [2.45, 2.75) is 25.7 Å². The van der Waals surface area contributed by atoms with E-state index in [-0.39, 0.29) is 11.8 Å². The number of aryl methyl sites for hydroxylation is 1. The highest BCUT2D eigenvalue weighted by molar-refractivity contribution is 5.96. The van der Waals surface area contributed by atoms with Crippen LogP contribution in [0.4, 0.5) is 5.69 Å². The highest BCUT2D eigenvalue weighted by Gasteiger charge is 2.27. The van der Waals surface area contributed by atoms with Gasteiger partial charge in [-0.15, -0.1) is 0 Å². The van der Waals surface area contributed by atoms with Gasteiger partial charge in [-0.05, 0) is 36.6 Å². The molecule has 0 saturated heterocycles. The standard InChI is InChI=1S/C18H19NO2/c1-2-13-7-9-14(10-8-13)19-18(20)16-11-12-21-17-6-4-3-5-15(16)17/h3-10,16H,2,11-12H2,1H3,(H,19,20). The number of nitrogens with one attached hydrogen (secondary N) is 1. The lowest BCUT2D eigenvalue weighted by Gasteiger charge is -2.25. The summed E-state index contributed by atoms with van der Waals surface area (Å²) in [5, 5.41) is 3.01. The van der Waals surface area contributed by atoms with Gasteiger partial charge in [-0.2, -0.15) is 0 Å². The van der Waals surface area contributed by atoms with Crippen molar-refractivity contribution in [2.75, 3.05) is 11.9 Å². The average molecular weight is 281 g/mol. The maximum Gasteiger partial charge on any atom is 0.232 e. The summed E-state index contributed by atoms with van der Waals surface area (Å²) in [4.78, 5) is 12.5. The molecule has 21 heavy (non-hydrogen) atoms. The number of ether oxygens (including phenoxy) is 1. The molecule has 1 N–H and O–H groups in total. The van der Waals surface area contributed by atoms with E-state index in [0.29, 0.717) is 6.61 Å². The number of benzene rings is 2. The minimum atomic E-state index is -0.138. The highest BCUT2D eigenvalue weighted by Crippen LogP contribution is 2.34. The first-order valence-electron chi connectivity index (χ1n) is 7.39. The van der Waals surface area contributed by atoms with Gasteiger partial charge in [0, 0.05) is 11.3 Å². The molecular formula is C18H19NO2. The Labute approximate surface area is 124 Å². The van der Waals surface area contributed by atoms with Crippen LogP contribution in [0.5, 0.6) is 5.75 Å². The lowest BCUT2D eigenvalue weighted by Crippen LogP contribution is -2.26. The number of amides is 1. The molecule has 0 saturated carbocycles. The number of rotatable bonds is 3. The number of hydrogen-bond acceptors (Lipinski definition) is 2. The Morgan fingerprint density at radius 1 is 1.19 bits per heavy atom. The van der Waals surface area contributed by atoms with Crippen LogP contribution >= 0.6 is 0 Å². The molecule has 0 aromatic heterocycles. The Balaban J connectivity index is 1.76. The zero-order valence-corrected chi connectivity index (χ0v) is 12.1. The van der Waals surface area contributed by atoms with E-state index in [9.17, 15) is 4.79 Å². The molecule has 0 fully saturated rings. The lowest BCUT2D eigenvalue weighted by atomic mass is 9.92. The van der Waals surface area contributed by atoms with Gasteiger partial charge >= 0.3 is 0 Å². The second-order valence-corrected chi connectivity index (χ2v) is 5.27. The second-order valence-electron chi connectivity index (χ2n) is 5.27. The van der Waals surface area contributed by atoms with Crippen LogP contribution < -0.4 is 10.1 Å². The van der Waals surface area contributed by atoms with E-state index >= 15 is 0 Å². The van der Waals surface area contributed by atoms with Gasteiger partial charge in [0.25, 0.3) is 0 Å². The topological polar surface area (TPSA) is 38.3 Å². The van der Waals surface area contributed by atoms with Crippen LogP contribution in [-0.4, -0.2) is 12.5 Å². The molecule has 3 heteroatoms. The van der Waals surface area contributed by atoms with Gasteiger partial charge in [0.1, 0.15) is 5.75 Å². The minimum absolute atomic E-state index is 0.0370. The van der Waals surface area contributed by atoms with E-state index in [1.165, 1.54) is 5.56 Å². The Hall–Kier alpha value is -2.29. The summed E-state index contributed by atoms with van der Waals surface area (Å²) in [7, 11) is 0. The van der Waals surface area contributed by atoms with Crippen molar-refractivity contribution in [3.63, 3.8) is 0 Å². The molecule has 0 bridgehead atoms. The summed E-state index contributed by atoms with van der Waals surface area (Å²) in [6, 6.07) is 15.8. The van der Waals surface area contributed by atoms with Crippen LogP contribution in [0, 0.1) is 0 Å². The zero-order valence-electron chi connectivity index (χ0n) is 12.1. The third kappa shape index (κ3) is 2.92. The fraction of sp³-hybridized carbons (Fsp3) is 0.278. The van der Waals surface area contributed by atoms with E-state index in [4.69, 9.17) is 4.74 Å². The molecular weight excluding hydrogens is 262 g/mol. The summed E-state index contributed by atoms with van der Waals surface area (Å²) in [6.45, 7) is 2.70. The van der Waals surface area contributed by atoms with Crippen LogP contribution in [0.25, 0.3) is 0 Å². The molecule has 3 nitrogen and oxygen atoms in total.